The van der Waals surface area contributed by atoms with Crippen molar-refractivity contribution in [2.75, 3.05) is 27.4 Å². The highest BCUT2D eigenvalue weighted by atomic mass is 16.6. The van der Waals surface area contributed by atoms with E-state index in [0.717, 1.165) is 0 Å². The highest BCUT2D eigenvalue weighted by Crippen LogP contribution is 2.32. The van der Waals surface area contributed by atoms with E-state index < -0.39 is 10.8 Å². The molecule has 1 N–H and O–H groups in total. The third-order valence-corrected chi connectivity index (χ3v) is 4.84. The van der Waals surface area contributed by atoms with Crippen LogP contribution in [0.3, 0.4) is 0 Å². The Balaban J connectivity index is 1.43. The summed E-state index contributed by atoms with van der Waals surface area (Å²) in [7, 11) is 3.11. The summed E-state index contributed by atoms with van der Waals surface area (Å²) >= 11 is 0. The first-order valence-corrected chi connectivity index (χ1v) is 10.1. The number of fused-ring (bicyclic) bond motifs is 1. The lowest BCUT2D eigenvalue weighted by Crippen LogP contribution is -2.28. The molecule has 34 heavy (non-hydrogen) atoms. The lowest BCUT2D eigenvalue weighted by atomic mass is 10.2. The molecule has 12 nitrogen and oxygen atoms in total. The number of ether oxygens (including phenoxy) is 3. The van der Waals surface area contributed by atoms with E-state index in [-0.39, 0.29) is 24.4 Å². The summed E-state index contributed by atoms with van der Waals surface area (Å²) < 4.78 is 17.9. The highest BCUT2D eigenvalue weighted by Gasteiger charge is 2.16. The molecule has 0 aliphatic carbocycles. The fourth-order valence-electron chi connectivity index (χ4n) is 3.18. The van der Waals surface area contributed by atoms with Gasteiger partial charge in [0, 0.05) is 29.8 Å². The molecule has 0 fully saturated rings. The maximum absolute atomic E-state index is 12.2. The Bertz CT molecular complexity index is 1350. The molecule has 4 rings (SSSR count). The molecule has 0 aliphatic heterocycles. The standard InChI is InChI=1S/C22H20N6O6/c1-32-16-6-7-17(18(13-16)33-2)21-25-24-19-8-9-20(26-27(19)21)34-11-10-23-22(29)14-4-3-5-15(12-14)28(30)31/h3-9,12-13H,10-11H2,1-2H3,(H,23,29). The average molecular weight is 464 g/mol. The van der Waals surface area contributed by atoms with Crippen LogP contribution in [0.5, 0.6) is 17.4 Å². The summed E-state index contributed by atoms with van der Waals surface area (Å²) in [5, 5.41) is 26.3. The number of carbonyl (C=O) groups is 1. The zero-order valence-electron chi connectivity index (χ0n) is 18.3. The topological polar surface area (TPSA) is 143 Å². The monoisotopic (exact) mass is 464 g/mol. The summed E-state index contributed by atoms with van der Waals surface area (Å²) in [6.07, 6.45) is 0. The van der Waals surface area contributed by atoms with Gasteiger partial charge in [0.25, 0.3) is 11.6 Å². The zero-order valence-corrected chi connectivity index (χ0v) is 18.3. The molecule has 4 aromatic rings. The second kappa shape index (κ2) is 9.81. The van der Waals surface area contributed by atoms with Gasteiger partial charge in [-0.3, -0.25) is 14.9 Å². The third kappa shape index (κ3) is 4.70. The fraction of sp³-hybridized carbons (Fsp3) is 0.182. The number of methoxy groups -OCH3 is 2. The van der Waals surface area contributed by atoms with Crippen molar-refractivity contribution in [1.82, 2.24) is 25.1 Å². The van der Waals surface area contributed by atoms with E-state index in [1.54, 1.807) is 44.6 Å². The Morgan fingerprint density at radius 1 is 1.09 bits per heavy atom. The predicted octanol–water partition coefficient (Wildman–Crippen LogP) is 2.53. The van der Waals surface area contributed by atoms with Crippen LogP contribution >= 0.6 is 0 Å². The maximum atomic E-state index is 12.2. The van der Waals surface area contributed by atoms with Gasteiger partial charge in [0.2, 0.25) is 5.88 Å². The molecule has 2 aromatic carbocycles. The van der Waals surface area contributed by atoms with Gasteiger partial charge in [-0.15, -0.1) is 15.3 Å². The number of benzene rings is 2. The van der Waals surface area contributed by atoms with E-state index in [1.165, 1.54) is 28.8 Å². The molecule has 0 atom stereocenters. The summed E-state index contributed by atoms with van der Waals surface area (Å²) in [6.45, 7) is 0.297. The van der Waals surface area contributed by atoms with Crippen molar-refractivity contribution in [3.05, 3.63) is 70.3 Å². The van der Waals surface area contributed by atoms with Crippen LogP contribution in [-0.2, 0) is 0 Å². The first-order valence-electron chi connectivity index (χ1n) is 10.1. The molecule has 2 aromatic heterocycles. The van der Waals surface area contributed by atoms with Crippen molar-refractivity contribution in [2.24, 2.45) is 0 Å². The van der Waals surface area contributed by atoms with Crippen LogP contribution in [0.25, 0.3) is 17.0 Å². The van der Waals surface area contributed by atoms with Gasteiger partial charge in [-0.2, -0.15) is 4.52 Å². The van der Waals surface area contributed by atoms with Gasteiger partial charge in [0.1, 0.15) is 18.1 Å². The number of non-ortho nitro benzene ring substituents is 1. The number of rotatable bonds is 9. The summed E-state index contributed by atoms with van der Waals surface area (Å²) in [5.41, 5.74) is 1.22. The van der Waals surface area contributed by atoms with Gasteiger partial charge in [-0.25, -0.2) is 0 Å². The average Bonchev–Trinajstić information content (AvgIpc) is 3.29. The normalized spacial score (nSPS) is 10.6. The minimum atomic E-state index is -0.553. The number of carbonyl (C=O) groups excluding carboxylic acids is 1. The maximum Gasteiger partial charge on any atom is 0.270 e. The van der Waals surface area contributed by atoms with E-state index in [0.29, 0.717) is 34.4 Å². The number of amides is 1. The van der Waals surface area contributed by atoms with Crippen molar-refractivity contribution < 1.29 is 23.9 Å². The van der Waals surface area contributed by atoms with Crippen LogP contribution in [0, 0.1) is 10.1 Å². The quantitative estimate of drug-likeness (QED) is 0.224. The summed E-state index contributed by atoms with van der Waals surface area (Å²) in [4.78, 5) is 22.5. The Kier molecular flexibility index (Phi) is 6.48. The van der Waals surface area contributed by atoms with Gasteiger partial charge < -0.3 is 19.5 Å². The van der Waals surface area contributed by atoms with E-state index in [4.69, 9.17) is 14.2 Å². The van der Waals surface area contributed by atoms with Crippen molar-refractivity contribution in [1.29, 1.82) is 0 Å². The molecule has 0 saturated heterocycles. The molecule has 0 radical (unpaired) electrons. The lowest BCUT2D eigenvalue weighted by molar-refractivity contribution is -0.384. The molecular formula is C22H20N6O6. The molecule has 2 heterocycles. The fourth-order valence-corrected chi connectivity index (χ4v) is 3.18. The number of nitrogens with zero attached hydrogens (tertiary/aromatic N) is 5. The largest absolute Gasteiger partial charge is 0.497 e. The van der Waals surface area contributed by atoms with Crippen LogP contribution in [-0.4, -0.2) is 58.0 Å². The first-order chi connectivity index (χ1) is 16.5. The first kappa shape index (κ1) is 22.5. The minimum absolute atomic E-state index is 0.127. The Morgan fingerprint density at radius 3 is 2.71 bits per heavy atom. The van der Waals surface area contributed by atoms with Gasteiger partial charge in [-0.1, -0.05) is 6.07 Å². The van der Waals surface area contributed by atoms with Gasteiger partial charge in [0.15, 0.2) is 11.5 Å². The second-order valence-electron chi connectivity index (χ2n) is 6.94. The van der Waals surface area contributed by atoms with Crippen LogP contribution in [0.4, 0.5) is 5.69 Å². The van der Waals surface area contributed by atoms with E-state index in [9.17, 15) is 14.9 Å². The number of nitro benzene ring substituents is 1. The van der Waals surface area contributed by atoms with E-state index in [1.807, 2.05) is 0 Å². The van der Waals surface area contributed by atoms with E-state index in [2.05, 4.69) is 20.6 Å². The van der Waals surface area contributed by atoms with Crippen LogP contribution < -0.4 is 19.5 Å². The Labute approximate surface area is 193 Å². The van der Waals surface area contributed by atoms with Crippen LogP contribution in [0.15, 0.2) is 54.6 Å². The molecule has 12 heteroatoms. The minimum Gasteiger partial charge on any atom is -0.497 e. The molecular weight excluding hydrogens is 444 g/mol. The number of aromatic nitrogens is 4. The third-order valence-electron chi connectivity index (χ3n) is 4.84. The van der Waals surface area contributed by atoms with Gasteiger partial charge in [-0.05, 0) is 24.3 Å². The molecule has 1 amide bonds. The Morgan fingerprint density at radius 2 is 1.94 bits per heavy atom. The van der Waals surface area contributed by atoms with Crippen molar-refractivity contribution in [3.8, 4) is 28.8 Å². The highest BCUT2D eigenvalue weighted by molar-refractivity contribution is 5.94. The van der Waals surface area contributed by atoms with Crippen LogP contribution in [0.1, 0.15) is 10.4 Å². The SMILES string of the molecule is COc1ccc(-c2nnc3ccc(OCCNC(=O)c4cccc([N+](=O)[O-])c4)nn23)c(OC)c1. The molecule has 0 aliphatic rings. The van der Waals surface area contributed by atoms with Gasteiger partial charge in [0.05, 0.1) is 31.3 Å². The van der Waals surface area contributed by atoms with Crippen LogP contribution in [0.2, 0.25) is 0 Å². The van der Waals surface area contributed by atoms with Crippen molar-refractivity contribution in [3.63, 3.8) is 0 Å². The smallest absolute Gasteiger partial charge is 0.270 e. The molecule has 0 unspecified atom stereocenters. The Hall–Kier alpha value is -4.74. The number of nitro groups is 1. The number of nitrogens with one attached hydrogen (secondary N) is 1. The zero-order chi connectivity index (χ0) is 24.1. The molecule has 0 saturated carbocycles. The van der Waals surface area contributed by atoms with Gasteiger partial charge >= 0.3 is 0 Å². The van der Waals surface area contributed by atoms with Crippen molar-refractivity contribution >= 4 is 17.2 Å². The lowest BCUT2D eigenvalue weighted by Gasteiger charge is -2.10. The molecule has 0 bridgehead atoms. The number of hydrogen-bond acceptors (Lipinski definition) is 9. The predicted molar refractivity (Wildman–Crippen MR) is 120 cm³/mol. The number of hydrogen-bond donors (Lipinski definition) is 1. The summed E-state index contributed by atoms with van der Waals surface area (Å²) in [5.74, 6) is 1.50. The van der Waals surface area contributed by atoms with E-state index >= 15 is 0 Å². The second-order valence-corrected chi connectivity index (χ2v) is 6.94. The molecule has 174 valence electrons. The molecule has 0 spiro atoms. The summed E-state index contributed by atoms with van der Waals surface area (Å²) in [6, 6.07) is 14.2. The van der Waals surface area contributed by atoms with Crippen molar-refractivity contribution in [2.45, 2.75) is 0 Å².